The summed E-state index contributed by atoms with van der Waals surface area (Å²) in [6.07, 6.45) is 0. The fraction of sp³-hybridized carbons (Fsp3) is 0.286. The van der Waals surface area contributed by atoms with Crippen LogP contribution in [0, 0.1) is 29.3 Å². The van der Waals surface area contributed by atoms with E-state index in [0.717, 1.165) is 16.7 Å². The Morgan fingerprint density at radius 3 is 2.40 bits per heavy atom. The van der Waals surface area contributed by atoms with Gasteiger partial charge in [0.05, 0.1) is 13.1 Å². The summed E-state index contributed by atoms with van der Waals surface area (Å²) >= 11 is 0. The molecule has 12 heteroatoms. The van der Waals surface area contributed by atoms with E-state index in [4.69, 9.17) is 0 Å². The molecule has 0 bridgehead atoms. The number of aromatic nitrogens is 4. The molecule has 1 aliphatic heterocycles. The first-order chi connectivity index (χ1) is 19.2. The number of fused-ring (bicyclic) bond motifs is 1. The van der Waals surface area contributed by atoms with Gasteiger partial charge in [-0.2, -0.15) is 4.98 Å². The highest BCUT2D eigenvalue weighted by Crippen LogP contribution is 2.22. The predicted molar refractivity (Wildman–Crippen MR) is 143 cm³/mol. The molecular formula is C28H25F3N6O3. The lowest BCUT2D eigenvalue weighted by atomic mass is 10.2. The third kappa shape index (κ3) is 4.86. The van der Waals surface area contributed by atoms with Crippen molar-refractivity contribution in [1.82, 2.24) is 23.6 Å². The molecule has 0 N–H and O–H groups in total. The van der Waals surface area contributed by atoms with Crippen LogP contribution >= 0.6 is 0 Å². The van der Waals surface area contributed by atoms with Crippen LogP contribution in [0.2, 0.25) is 0 Å². The summed E-state index contributed by atoms with van der Waals surface area (Å²) in [6.45, 7) is 2.92. The molecule has 0 aliphatic carbocycles. The second-order valence-electron chi connectivity index (χ2n) is 9.37. The van der Waals surface area contributed by atoms with Gasteiger partial charge in [-0.3, -0.25) is 23.3 Å². The van der Waals surface area contributed by atoms with Crippen molar-refractivity contribution in [3.63, 3.8) is 0 Å². The van der Waals surface area contributed by atoms with Crippen LogP contribution in [0.25, 0.3) is 11.2 Å². The van der Waals surface area contributed by atoms with Gasteiger partial charge in [-0.15, -0.1) is 5.92 Å². The summed E-state index contributed by atoms with van der Waals surface area (Å²) in [7, 11) is 1.48. The second-order valence-corrected chi connectivity index (χ2v) is 9.37. The normalized spacial score (nSPS) is 13.4. The average molecular weight is 551 g/mol. The summed E-state index contributed by atoms with van der Waals surface area (Å²) < 4.78 is 44.6. The maximum Gasteiger partial charge on any atom is 0.332 e. The van der Waals surface area contributed by atoms with Crippen molar-refractivity contribution in [3.8, 4) is 11.8 Å². The van der Waals surface area contributed by atoms with Gasteiger partial charge in [0.1, 0.15) is 5.82 Å². The van der Waals surface area contributed by atoms with E-state index >= 15 is 0 Å². The molecule has 0 radical (unpaired) electrons. The fourth-order valence-corrected chi connectivity index (χ4v) is 4.78. The molecule has 2 aromatic heterocycles. The number of benzene rings is 2. The molecule has 0 unspecified atom stereocenters. The molecule has 1 saturated heterocycles. The SMILES string of the molecule is CC#CCn1c(N2CCN(C(=O)c3cccc(F)c3)CC2)nc2c1c(=O)n(Cc1ccc(F)c(F)c1)c(=O)n2C. The minimum absolute atomic E-state index is 0.114. The summed E-state index contributed by atoms with van der Waals surface area (Å²) in [5.41, 5.74) is -0.500. The Morgan fingerprint density at radius 2 is 1.73 bits per heavy atom. The lowest BCUT2D eigenvalue weighted by Crippen LogP contribution is -2.49. The van der Waals surface area contributed by atoms with Crippen molar-refractivity contribution in [2.75, 3.05) is 31.1 Å². The Hall–Kier alpha value is -4.79. The molecule has 0 saturated carbocycles. The Bertz CT molecular complexity index is 1810. The van der Waals surface area contributed by atoms with Gasteiger partial charge >= 0.3 is 5.69 Å². The van der Waals surface area contributed by atoms with E-state index in [9.17, 15) is 27.6 Å². The van der Waals surface area contributed by atoms with Crippen LogP contribution in [-0.2, 0) is 20.1 Å². The number of amides is 1. The van der Waals surface area contributed by atoms with Crippen LogP contribution in [0.5, 0.6) is 0 Å². The number of carbonyl (C=O) groups excluding carboxylic acids is 1. The molecule has 9 nitrogen and oxygen atoms in total. The van der Waals surface area contributed by atoms with Gasteiger partial charge in [0.25, 0.3) is 11.5 Å². The smallest absolute Gasteiger partial charge is 0.332 e. The second kappa shape index (κ2) is 10.8. The van der Waals surface area contributed by atoms with Crippen molar-refractivity contribution in [3.05, 3.63) is 91.9 Å². The van der Waals surface area contributed by atoms with E-state index in [1.807, 2.05) is 4.90 Å². The topological polar surface area (TPSA) is 85.4 Å². The average Bonchev–Trinajstić information content (AvgIpc) is 3.34. The van der Waals surface area contributed by atoms with E-state index in [0.29, 0.717) is 32.1 Å². The third-order valence-electron chi connectivity index (χ3n) is 6.87. The number of anilines is 1. The zero-order valence-electron chi connectivity index (χ0n) is 21.8. The van der Waals surface area contributed by atoms with Gasteiger partial charge in [0.2, 0.25) is 5.95 Å². The number of nitrogens with zero attached hydrogens (tertiary/aromatic N) is 6. The van der Waals surface area contributed by atoms with Gasteiger partial charge in [-0.1, -0.05) is 18.1 Å². The van der Waals surface area contributed by atoms with Crippen molar-refractivity contribution < 1.29 is 18.0 Å². The minimum Gasteiger partial charge on any atom is -0.339 e. The van der Waals surface area contributed by atoms with E-state index in [-0.39, 0.29) is 41.3 Å². The molecule has 1 aliphatic rings. The molecule has 40 heavy (non-hydrogen) atoms. The highest BCUT2D eigenvalue weighted by Gasteiger charge is 2.28. The van der Waals surface area contributed by atoms with Gasteiger partial charge in [0, 0.05) is 38.8 Å². The number of hydrogen-bond donors (Lipinski definition) is 0. The molecule has 0 atom stereocenters. The van der Waals surface area contributed by atoms with Gasteiger partial charge in [-0.05, 0) is 42.8 Å². The number of rotatable bonds is 5. The zero-order chi connectivity index (χ0) is 28.6. The first-order valence-corrected chi connectivity index (χ1v) is 12.5. The minimum atomic E-state index is -1.08. The van der Waals surface area contributed by atoms with Crippen LogP contribution < -0.4 is 16.1 Å². The van der Waals surface area contributed by atoms with Crippen LogP contribution in [0.1, 0.15) is 22.8 Å². The van der Waals surface area contributed by atoms with E-state index in [2.05, 4.69) is 16.8 Å². The quantitative estimate of drug-likeness (QED) is 0.357. The van der Waals surface area contributed by atoms with Crippen LogP contribution in [0.3, 0.4) is 0 Å². The summed E-state index contributed by atoms with van der Waals surface area (Å²) in [5, 5.41) is 0. The summed E-state index contributed by atoms with van der Waals surface area (Å²) in [5.74, 6) is 3.27. The zero-order valence-corrected chi connectivity index (χ0v) is 21.8. The molecule has 3 heterocycles. The lowest BCUT2D eigenvalue weighted by molar-refractivity contribution is 0.0745. The first-order valence-electron chi connectivity index (χ1n) is 12.5. The van der Waals surface area contributed by atoms with Gasteiger partial charge in [0.15, 0.2) is 22.8 Å². The number of halogens is 3. The van der Waals surface area contributed by atoms with Crippen LogP contribution in [-0.4, -0.2) is 55.7 Å². The standard InChI is InChI=1S/C28H25F3N6O3/c1-3-4-10-36-23-24(33(2)28(40)37(26(23)39)17-18-8-9-21(30)22(31)15-18)32-27(36)35-13-11-34(12-14-35)25(38)19-6-5-7-20(29)16-19/h5-9,15-16H,10-14,17H2,1-2H3. The first kappa shape index (κ1) is 26.8. The lowest BCUT2D eigenvalue weighted by Gasteiger charge is -2.35. The van der Waals surface area contributed by atoms with Crippen molar-refractivity contribution in [2.24, 2.45) is 7.05 Å². The van der Waals surface area contributed by atoms with Crippen molar-refractivity contribution >= 4 is 23.0 Å². The van der Waals surface area contributed by atoms with Crippen molar-refractivity contribution in [2.45, 2.75) is 20.0 Å². The summed E-state index contributed by atoms with van der Waals surface area (Å²) in [4.78, 5) is 47.8. The predicted octanol–water partition coefficient (Wildman–Crippen LogP) is 2.35. The molecule has 206 valence electrons. The maximum atomic E-state index is 13.8. The van der Waals surface area contributed by atoms with E-state index in [1.54, 1.807) is 22.5 Å². The monoisotopic (exact) mass is 550 g/mol. The molecule has 2 aromatic carbocycles. The highest BCUT2D eigenvalue weighted by atomic mass is 19.2. The highest BCUT2D eigenvalue weighted by molar-refractivity contribution is 5.94. The molecule has 0 spiro atoms. The van der Waals surface area contributed by atoms with Gasteiger partial charge in [-0.25, -0.2) is 18.0 Å². The van der Waals surface area contributed by atoms with Crippen LogP contribution in [0.4, 0.5) is 19.1 Å². The number of piperazine rings is 1. The molecule has 1 fully saturated rings. The Morgan fingerprint density at radius 1 is 0.975 bits per heavy atom. The fourth-order valence-electron chi connectivity index (χ4n) is 4.78. The molecular weight excluding hydrogens is 525 g/mol. The molecule has 5 rings (SSSR count). The number of hydrogen-bond acceptors (Lipinski definition) is 5. The number of aryl methyl sites for hydroxylation is 1. The van der Waals surface area contributed by atoms with Crippen molar-refractivity contribution in [1.29, 1.82) is 0 Å². The van der Waals surface area contributed by atoms with E-state index in [1.165, 1.54) is 35.9 Å². The third-order valence-corrected chi connectivity index (χ3v) is 6.87. The molecule has 4 aromatic rings. The molecule has 1 amide bonds. The summed E-state index contributed by atoms with van der Waals surface area (Å²) in [6, 6.07) is 8.72. The number of carbonyl (C=O) groups is 1. The van der Waals surface area contributed by atoms with Gasteiger partial charge < -0.3 is 9.80 Å². The number of imidazole rings is 1. The maximum absolute atomic E-state index is 13.8. The van der Waals surface area contributed by atoms with E-state index < -0.39 is 28.7 Å². The Balaban J connectivity index is 1.51. The Labute approximate surface area is 226 Å². The Kier molecular flexibility index (Phi) is 7.21. The largest absolute Gasteiger partial charge is 0.339 e. The van der Waals surface area contributed by atoms with Crippen LogP contribution in [0.15, 0.2) is 52.1 Å².